The van der Waals surface area contributed by atoms with Crippen LogP contribution in [-0.4, -0.2) is 65.7 Å². The summed E-state index contributed by atoms with van der Waals surface area (Å²) in [6.45, 7) is 1.19. The molecule has 0 aromatic rings. The molecule has 0 aromatic heterocycles. The van der Waals surface area contributed by atoms with E-state index in [2.05, 4.69) is 0 Å². The third-order valence-electron chi connectivity index (χ3n) is 0.167. The first-order valence-corrected chi connectivity index (χ1v) is 7.41. The first-order valence-electron chi connectivity index (χ1n) is 3.35. The number of rotatable bonds is 1. The molecule has 21 heavy (non-hydrogen) atoms. The van der Waals surface area contributed by atoms with Crippen molar-refractivity contribution in [3.05, 3.63) is 0 Å². The van der Waals surface area contributed by atoms with Crippen molar-refractivity contribution in [3.8, 4) is 0 Å². The van der Waals surface area contributed by atoms with E-state index in [0.29, 0.717) is 13.1 Å². The van der Waals surface area contributed by atoms with Crippen LogP contribution in [0, 0.1) is 0 Å². The Morgan fingerprint density at radius 3 is 0.714 bits per heavy atom. The molecule has 6 N–H and O–H groups in total. The quantitative estimate of drug-likeness (QED) is 0.157. The SMILES string of the molecule is NCCN.O=S(=O)(O)O.O=S(=O)([O-])[O-].O=S(=O)([O-])[O-].[Cu+2].[Cu+2]. The summed E-state index contributed by atoms with van der Waals surface area (Å²) >= 11 is 0. The Morgan fingerprint density at radius 1 is 0.667 bits per heavy atom. The van der Waals surface area contributed by atoms with E-state index in [4.69, 9.17) is 64.0 Å². The van der Waals surface area contributed by atoms with Gasteiger partial charge in [0.2, 0.25) is 0 Å². The van der Waals surface area contributed by atoms with Crippen LogP contribution in [0.4, 0.5) is 0 Å². The zero-order chi connectivity index (χ0) is 16.9. The van der Waals surface area contributed by atoms with Crippen LogP contribution in [0.15, 0.2) is 0 Å². The molecule has 0 unspecified atom stereocenters. The largest absolute Gasteiger partial charge is 2.00 e. The second-order valence-electron chi connectivity index (χ2n) is 1.84. The van der Waals surface area contributed by atoms with Gasteiger partial charge in [-0.1, -0.05) is 0 Å². The molecule has 0 atom stereocenters. The maximum Gasteiger partial charge on any atom is 2.00 e. The first-order chi connectivity index (χ1) is 7.91. The maximum absolute atomic E-state index is 8.74. The van der Waals surface area contributed by atoms with Gasteiger partial charge >= 0.3 is 44.5 Å². The van der Waals surface area contributed by atoms with E-state index in [1.165, 1.54) is 0 Å². The van der Waals surface area contributed by atoms with Crippen LogP contribution in [0.1, 0.15) is 0 Å². The van der Waals surface area contributed by atoms with Gasteiger partial charge in [-0.05, 0) is 0 Å². The topological polar surface area (TPSA) is 287 Å². The zero-order valence-corrected chi connectivity index (χ0v) is 13.7. The summed E-state index contributed by atoms with van der Waals surface area (Å²) in [4.78, 5) is 0. The van der Waals surface area contributed by atoms with E-state index in [0.717, 1.165) is 0 Å². The molecule has 0 fully saturated rings. The number of hydrogen-bond donors (Lipinski definition) is 4. The van der Waals surface area contributed by atoms with Crippen molar-refractivity contribution in [1.82, 2.24) is 0 Å². The summed E-state index contributed by atoms with van der Waals surface area (Å²) in [7, 11) is -15.0. The van der Waals surface area contributed by atoms with Crippen LogP contribution >= 0.6 is 0 Å². The van der Waals surface area contributed by atoms with E-state index >= 15 is 0 Å². The van der Waals surface area contributed by atoms with Crippen LogP contribution in [0.25, 0.3) is 0 Å². The molecule has 0 aliphatic rings. The van der Waals surface area contributed by atoms with Crippen molar-refractivity contribution >= 4 is 31.2 Å². The van der Waals surface area contributed by atoms with E-state index in [-0.39, 0.29) is 34.1 Å². The summed E-state index contributed by atoms with van der Waals surface area (Å²) in [5.41, 5.74) is 9.81. The standard InChI is InChI=1S/C2H8N2.2Cu.3H2O4S/c3-1-2-4;;;3*1-5(2,3)4/h1-4H2;;;3*(H2,1,2,3,4)/q;2*+2;;;/p-4. The summed E-state index contributed by atoms with van der Waals surface area (Å²) < 4.78 is 99.7. The molecule has 0 aromatic carbocycles. The zero-order valence-electron chi connectivity index (χ0n) is 9.37. The van der Waals surface area contributed by atoms with Crippen molar-refractivity contribution in [2.75, 3.05) is 13.1 Å². The van der Waals surface area contributed by atoms with Gasteiger partial charge in [-0.3, -0.25) is 25.9 Å². The molecule has 0 amide bonds. The Hall–Kier alpha value is 0.569. The van der Waals surface area contributed by atoms with Gasteiger partial charge in [-0.2, -0.15) is 8.42 Å². The van der Waals surface area contributed by atoms with Crippen molar-refractivity contribution < 1.29 is 86.7 Å². The molecule has 0 saturated heterocycles. The van der Waals surface area contributed by atoms with Gasteiger partial charge in [-0.25, -0.2) is 0 Å². The smallest absolute Gasteiger partial charge is 0.759 e. The van der Waals surface area contributed by atoms with Crippen LogP contribution in [0.3, 0.4) is 0 Å². The molecule has 0 spiro atoms. The van der Waals surface area contributed by atoms with Gasteiger partial charge < -0.3 is 29.7 Å². The van der Waals surface area contributed by atoms with Gasteiger partial charge in [0, 0.05) is 33.9 Å². The van der Waals surface area contributed by atoms with Crippen molar-refractivity contribution in [2.24, 2.45) is 11.5 Å². The number of hydrogen-bond acceptors (Lipinski definition) is 12. The number of nitrogens with two attached hydrogens (primary N) is 2. The molecule has 2 radical (unpaired) electrons. The Morgan fingerprint density at radius 2 is 0.714 bits per heavy atom. The average Bonchev–Trinajstić information content (AvgIpc) is 1.93. The second-order valence-corrected chi connectivity index (χ2v) is 4.37. The minimum atomic E-state index is -5.17. The molecule has 0 aliphatic carbocycles. The fourth-order valence-electron chi connectivity index (χ4n) is 0. The summed E-state index contributed by atoms with van der Waals surface area (Å²) in [6.07, 6.45) is 0. The molecule has 14 nitrogen and oxygen atoms in total. The predicted molar refractivity (Wildman–Crippen MR) is 53.2 cm³/mol. The monoisotopic (exact) mass is 476 g/mol. The molecule has 140 valence electrons. The maximum atomic E-state index is 8.74. The molecule has 0 rings (SSSR count). The van der Waals surface area contributed by atoms with Gasteiger partial charge in [0.05, 0.1) is 0 Å². The summed E-state index contributed by atoms with van der Waals surface area (Å²) in [6, 6.07) is 0. The van der Waals surface area contributed by atoms with Crippen LogP contribution in [0.5, 0.6) is 0 Å². The van der Waals surface area contributed by atoms with Gasteiger partial charge in [0.15, 0.2) is 0 Å². The van der Waals surface area contributed by atoms with Gasteiger partial charge in [0.25, 0.3) is 0 Å². The minimum Gasteiger partial charge on any atom is -0.759 e. The fourth-order valence-corrected chi connectivity index (χ4v) is 0. The second kappa shape index (κ2) is 18.6. The van der Waals surface area contributed by atoms with Crippen LogP contribution in [-0.2, 0) is 65.3 Å². The first kappa shape index (κ1) is 37.6. The normalized spacial score (nSPS) is 9.71. The fraction of sp³-hybridized carbons (Fsp3) is 1.00. The average molecular weight is 477 g/mol. The summed E-state index contributed by atoms with van der Waals surface area (Å²) in [5.74, 6) is 0. The molecular weight excluding hydrogens is 467 g/mol. The van der Waals surface area contributed by atoms with E-state index in [9.17, 15) is 0 Å². The van der Waals surface area contributed by atoms with Gasteiger partial charge in [-0.15, -0.1) is 0 Å². The van der Waals surface area contributed by atoms with Crippen molar-refractivity contribution in [2.45, 2.75) is 0 Å². The Bertz CT molecular complexity index is 385. The molecular formula is C2H10Cu2N2O12S3. The third kappa shape index (κ3) is 2880. The van der Waals surface area contributed by atoms with E-state index in [1.807, 2.05) is 0 Å². The minimum absolute atomic E-state index is 0. The van der Waals surface area contributed by atoms with Crippen LogP contribution < -0.4 is 11.5 Å². The van der Waals surface area contributed by atoms with Crippen molar-refractivity contribution in [1.29, 1.82) is 0 Å². The molecule has 19 heteroatoms. The van der Waals surface area contributed by atoms with Crippen molar-refractivity contribution in [3.63, 3.8) is 0 Å². The van der Waals surface area contributed by atoms with E-state index < -0.39 is 31.2 Å². The Labute approximate surface area is 142 Å². The van der Waals surface area contributed by atoms with Gasteiger partial charge in [0.1, 0.15) is 0 Å². The molecule has 0 saturated carbocycles. The predicted octanol–water partition coefficient (Wildman–Crippen LogP) is -4.43. The molecule has 0 heterocycles. The molecule has 0 bridgehead atoms. The Kier molecular flexibility index (Phi) is 33.4. The van der Waals surface area contributed by atoms with E-state index in [1.54, 1.807) is 0 Å². The van der Waals surface area contributed by atoms with Crippen LogP contribution in [0.2, 0.25) is 0 Å². The third-order valence-corrected chi connectivity index (χ3v) is 0.167. The summed E-state index contributed by atoms with van der Waals surface area (Å²) in [5, 5.41) is 0. The molecule has 0 aliphatic heterocycles. The Balaban J connectivity index is -0.0000000347.